The summed E-state index contributed by atoms with van der Waals surface area (Å²) in [7, 11) is 0. The van der Waals surface area contributed by atoms with Gasteiger partial charge >= 0.3 is 6.09 Å². The molecule has 0 aromatic carbocycles. The van der Waals surface area contributed by atoms with Crippen molar-refractivity contribution in [3.05, 3.63) is 0 Å². The first-order valence-electron chi connectivity index (χ1n) is 7.19. The summed E-state index contributed by atoms with van der Waals surface area (Å²) < 4.78 is 5.49. The SMILES string of the molecule is CC(C)(C)OC(=O)N1CCCCC1CNC1CC1. The summed E-state index contributed by atoms with van der Waals surface area (Å²) in [6, 6.07) is 1.02. The number of nitrogens with zero attached hydrogens (tertiary/aromatic N) is 1. The van der Waals surface area contributed by atoms with Crippen molar-refractivity contribution in [2.24, 2.45) is 0 Å². The second kappa shape index (κ2) is 5.47. The number of hydrogen-bond donors (Lipinski definition) is 1. The minimum Gasteiger partial charge on any atom is -0.444 e. The van der Waals surface area contributed by atoms with Gasteiger partial charge in [0.2, 0.25) is 0 Å². The van der Waals surface area contributed by atoms with Gasteiger partial charge in [0.15, 0.2) is 0 Å². The maximum Gasteiger partial charge on any atom is 0.410 e. The molecule has 1 aliphatic carbocycles. The van der Waals surface area contributed by atoms with Crippen molar-refractivity contribution < 1.29 is 9.53 Å². The van der Waals surface area contributed by atoms with Gasteiger partial charge in [0, 0.05) is 25.2 Å². The highest BCUT2D eigenvalue weighted by Gasteiger charge is 2.31. The van der Waals surface area contributed by atoms with Crippen molar-refractivity contribution >= 4 is 6.09 Å². The van der Waals surface area contributed by atoms with Crippen LogP contribution in [-0.4, -0.2) is 41.8 Å². The number of carbonyl (C=O) groups is 1. The first-order valence-corrected chi connectivity index (χ1v) is 7.19. The molecular formula is C14H26N2O2. The first kappa shape index (κ1) is 13.7. The highest BCUT2D eigenvalue weighted by molar-refractivity contribution is 5.68. The zero-order chi connectivity index (χ0) is 13.2. The van der Waals surface area contributed by atoms with Gasteiger partial charge in [0.25, 0.3) is 0 Å². The third-order valence-corrected chi connectivity index (χ3v) is 3.47. The molecular weight excluding hydrogens is 228 g/mol. The standard InChI is InChI=1S/C14H26N2O2/c1-14(2,3)18-13(17)16-9-5-4-6-12(16)10-15-11-7-8-11/h11-12,15H,4-10H2,1-3H3. The number of amides is 1. The van der Waals surface area contributed by atoms with Gasteiger partial charge in [-0.3, -0.25) is 0 Å². The third kappa shape index (κ3) is 4.16. The van der Waals surface area contributed by atoms with Crippen LogP contribution in [0.2, 0.25) is 0 Å². The van der Waals surface area contributed by atoms with E-state index in [2.05, 4.69) is 5.32 Å². The van der Waals surface area contributed by atoms with E-state index in [0.717, 1.165) is 25.9 Å². The average molecular weight is 254 g/mol. The normalized spacial score (nSPS) is 25.1. The Morgan fingerprint density at radius 2 is 2.00 bits per heavy atom. The number of nitrogens with one attached hydrogen (secondary N) is 1. The number of carbonyl (C=O) groups excluding carboxylic acids is 1. The maximum absolute atomic E-state index is 12.2. The summed E-state index contributed by atoms with van der Waals surface area (Å²) >= 11 is 0. The number of likely N-dealkylation sites (tertiary alicyclic amines) is 1. The minimum atomic E-state index is -0.400. The third-order valence-electron chi connectivity index (χ3n) is 3.47. The van der Waals surface area contributed by atoms with Gasteiger partial charge in [-0.05, 0) is 52.9 Å². The Morgan fingerprint density at radius 3 is 2.61 bits per heavy atom. The van der Waals surface area contributed by atoms with Crippen molar-refractivity contribution in [3.8, 4) is 0 Å². The molecule has 2 rings (SSSR count). The largest absolute Gasteiger partial charge is 0.444 e. The van der Waals surface area contributed by atoms with Crippen LogP contribution in [0.15, 0.2) is 0 Å². The summed E-state index contributed by atoms with van der Waals surface area (Å²) in [5, 5.41) is 3.52. The Morgan fingerprint density at radius 1 is 1.28 bits per heavy atom. The van der Waals surface area contributed by atoms with Crippen molar-refractivity contribution in [2.45, 2.75) is 70.6 Å². The molecule has 2 aliphatic rings. The highest BCUT2D eigenvalue weighted by Crippen LogP contribution is 2.22. The van der Waals surface area contributed by atoms with Crippen LogP contribution in [0.4, 0.5) is 4.79 Å². The van der Waals surface area contributed by atoms with Crippen LogP contribution in [-0.2, 0) is 4.74 Å². The fourth-order valence-electron chi connectivity index (χ4n) is 2.36. The molecule has 1 unspecified atom stereocenters. The molecule has 1 aliphatic heterocycles. The van der Waals surface area contributed by atoms with Gasteiger partial charge in [-0.2, -0.15) is 0 Å². The van der Waals surface area contributed by atoms with Crippen molar-refractivity contribution in [1.29, 1.82) is 0 Å². The molecule has 2 fully saturated rings. The van der Waals surface area contributed by atoms with Crippen LogP contribution in [0.5, 0.6) is 0 Å². The molecule has 4 nitrogen and oxygen atoms in total. The summed E-state index contributed by atoms with van der Waals surface area (Å²) in [6.45, 7) is 7.53. The highest BCUT2D eigenvalue weighted by atomic mass is 16.6. The minimum absolute atomic E-state index is 0.148. The molecule has 1 saturated carbocycles. The molecule has 1 N–H and O–H groups in total. The van der Waals surface area contributed by atoms with Crippen molar-refractivity contribution in [1.82, 2.24) is 10.2 Å². The van der Waals surface area contributed by atoms with Gasteiger partial charge in [0.05, 0.1) is 0 Å². The van der Waals surface area contributed by atoms with E-state index in [-0.39, 0.29) is 6.09 Å². The quantitative estimate of drug-likeness (QED) is 0.841. The predicted octanol–water partition coefficient (Wildman–Crippen LogP) is 2.53. The maximum atomic E-state index is 12.2. The topological polar surface area (TPSA) is 41.6 Å². The Kier molecular flexibility index (Phi) is 4.15. The second-order valence-corrected chi connectivity index (χ2v) is 6.51. The molecule has 104 valence electrons. The van der Waals surface area contributed by atoms with E-state index in [1.165, 1.54) is 19.3 Å². The number of ether oxygens (including phenoxy) is 1. The number of piperidine rings is 1. The first-order chi connectivity index (χ1) is 8.46. The van der Waals surface area contributed by atoms with Gasteiger partial charge in [-0.25, -0.2) is 4.79 Å². The van der Waals surface area contributed by atoms with E-state index in [9.17, 15) is 4.79 Å². The Labute approximate surface area is 110 Å². The Hall–Kier alpha value is -0.770. The van der Waals surface area contributed by atoms with E-state index < -0.39 is 5.60 Å². The van der Waals surface area contributed by atoms with Crippen molar-refractivity contribution in [2.75, 3.05) is 13.1 Å². The van der Waals surface area contributed by atoms with Crippen LogP contribution < -0.4 is 5.32 Å². The number of hydrogen-bond acceptors (Lipinski definition) is 3. The zero-order valence-corrected chi connectivity index (χ0v) is 11.9. The molecule has 1 saturated heterocycles. The summed E-state index contributed by atoms with van der Waals surface area (Å²) in [4.78, 5) is 14.1. The molecule has 0 aromatic rings. The van der Waals surface area contributed by atoms with Crippen LogP contribution in [0, 0.1) is 0 Å². The molecule has 1 heterocycles. The Balaban J connectivity index is 1.87. The molecule has 0 spiro atoms. The van der Waals surface area contributed by atoms with E-state index >= 15 is 0 Å². The Bertz CT molecular complexity index is 295. The van der Waals surface area contributed by atoms with Crippen molar-refractivity contribution in [3.63, 3.8) is 0 Å². The average Bonchev–Trinajstić information content (AvgIpc) is 3.08. The number of rotatable bonds is 3. The molecule has 18 heavy (non-hydrogen) atoms. The van der Waals surface area contributed by atoms with Crippen LogP contribution in [0.3, 0.4) is 0 Å². The fraction of sp³-hybridized carbons (Fsp3) is 0.929. The van der Waals surface area contributed by atoms with Gasteiger partial charge in [-0.1, -0.05) is 0 Å². The lowest BCUT2D eigenvalue weighted by molar-refractivity contribution is 0.00992. The lowest BCUT2D eigenvalue weighted by Crippen LogP contribution is -2.50. The molecule has 0 aromatic heterocycles. The molecule has 4 heteroatoms. The lowest BCUT2D eigenvalue weighted by atomic mass is 10.0. The van der Waals surface area contributed by atoms with E-state index in [4.69, 9.17) is 4.74 Å². The second-order valence-electron chi connectivity index (χ2n) is 6.51. The molecule has 0 bridgehead atoms. The van der Waals surface area contributed by atoms with Gasteiger partial charge in [-0.15, -0.1) is 0 Å². The smallest absolute Gasteiger partial charge is 0.410 e. The van der Waals surface area contributed by atoms with E-state index in [1.807, 2.05) is 25.7 Å². The summed E-state index contributed by atoms with van der Waals surface area (Å²) in [5.41, 5.74) is -0.400. The van der Waals surface area contributed by atoms with Crippen LogP contribution in [0.1, 0.15) is 52.9 Å². The van der Waals surface area contributed by atoms with Crippen LogP contribution >= 0.6 is 0 Å². The summed E-state index contributed by atoms with van der Waals surface area (Å²) in [6.07, 6.45) is 5.84. The molecule has 1 amide bonds. The zero-order valence-electron chi connectivity index (χ0n) is 11.9. The lowest BCUT2D eigenvalue weighted by Gasteiger charge is -2.37. The van der Waals surface area contributed by atoms with Gasteiger partial charge < -0.3 is 15.0 Å². The van der Waals surface area contributed by atoms with Gasteiger partial charge in [0.1, 0.15) is 5.60 Å². The monoisotopic (exact) mass is 254 g/mol. The van der Waals surface area contributed by atoms with E-state index in [0.29, 0.717) is 12.1 Å². The van der Waals surface area contributed by atoms with E-state index in [1.54, 1.807) is 0 Å². The molecule has 0 radical (unpaired) electrons. The fourth-order valence-corrected chi connectivity index (χ4v) is 2.36. The predicted molar refractivity (Wildman–Crippen MR) is 71.6 cm³/mol. The van der Waals surface area contributed by atoms with Crippen LogP contribution in [0.25, 0.3) is 0 Å². The summed E-state index contributed by atoms with van der Waals surface area (Å²) in [5.74, 6) is 0. The molecule has 1 atom stereocenters.